The maximum Gasteiger partial charge on any atom is 0.279 e. The van der Waals surface area contributed by atoms with Crippen molar-refractivity contribution in [2.75, 3.05) is 24.8 Å². The zero-order chi connectivity index (χ0) is 21.0. The Morgan fingerprint density at radius 3 is 2.86 bits per heavy atom. The third-order valence-corrected chi connectivity index (χ3v) is 5.24. The Morgan fingerprint density at radius 2 is 2.17 bits per heavy atom. The van der Waals surface area contributed by atoms with Crippen molar-refractivity contribution < 1.29 is 19.8 Å². The Kier molecular flexibility index (Phi) is 6.75. The Balaban J connectivity index is 1.97. The highest BCUT2D eigenvalue weighted by molar-refractivity contribution is 7.98. The molecule has 9 heteroatoms. The van der Waals surface area contributed by atoms with Crippen LogP contribution in [-0.2, 0) is 11.9 Å². The smallest absolute Gasteiger partial charge is 0.279 e. The van der Waals surface area contributed by atoms with Gasteiger partial charge in [0.2, 0.25) is 0 Å². The van der Waals surface area contributed by atoms with Crippen molar-refractivity contribution in [1.29, 1.82) is 0 Å². The van der Waals surface area contributed by atoms with Crippen molar-refractivity contribution in [3.8, 4) is 0 Å². The maximum absolute atomic E-state index is 12.9. The van der Waals surface area contributed by atoms with Crippen molar-refractivity contribution in [2.45, 2.75) is 17.9 Å². The lowest BCUT2D eigenvalue weighted by Gasteiger charge is -2.14. The highest BCUT2D eigenvalue weighted by Gasteiger charge is 2.23. The van der Waals surface area contributed by atoms with Crippen molar-refractivity contribution in [2.24, 2.45) is 7.05 Å². The lowest BCUT2D eigenvalue weighted by Crippen LogP contribution is -2.30. The second kappa shape index (κ2) is 9.27. The van der Waals surface area contributed by atoms with E-state index in [1.165, 1.54) is 0 Å². The summed E-state index contributed by atoms with van der Waals surface area (Å²) in [5, 5.41) is 22.3. The van der Waals surface area contributed by atoms with Crippen LogP contribution in [0.25, 0.3) is 11.0 Å². The molecule has 0 saturated carbocycles. The number of aliphatic hydroxyl groups excluding tert-OH is 2. The summed E-state index contributed by atoms with van der Waals surface area (Å²) in [6.45, 7) is 1.33. The molecule has 29 heavy (non-hydrogen) atoms. The fourth-order valence-electron chi connectivity index (χ4n) is 2.97. The minimum atomic E-state index is -1.07. The molecule has 0 aliphatic rings. The number of fused-ring (bicyclic) bond motifs is 1. The Bertz CT molecular complexity index is 1020. The van der Waals surface area contributed by atoms with E-state index in [9.17, 15) is 9.90 Å². The van der Waals surface area contributed by atoms with E-state index in [4.69, 9.17) is 9.94 Å². The first kappa shape index (κ1) is 21.1. The molecule has 0 bridgehead atoms. The third kappa shape index (κ3) is 4.54. The SMILES string of the molecule is CSc1ccc(Nc2c(C(=O)NOC[C@H](O)CO)c3cccnc3n2C)c(C)c1. The molecule has 8 nitrogen and oxygen atoms in total. The minimum Gasteiger partial charge on any atom is -0.394 e. The van der Waals surface area contributed by atoms with Gasteiger partial charge in [0.05, 0.1) is 12.2 Å². The Hall–Kier alpha value is -2.59. The molecule has 2 heterocycles. The molecule has 2 aromatic heterocycles. The van der Waals surface area contributed by atoms with Crippen LogP contribution in [0.5, 0.6) is 0 Å². The Morgan fingerprint density at radius 1 is 1.38 bits per heavy atom. The normalized spacial score (nSPS) is 12.2. The van der Waals surface area contributed by atoms with Crippen LogP contribution in [0.3, 0.4) is 0 Å². The van der Waals surface area contributed by atoms with Gasteiger partial charge in [-0.2, -0.15) is 0 Å². The van der Waals surface area contributed by atoms with Crippen molar-refractivity contribution >= 4 is 40.2 Å². The predicted octanol–water partition coefficient (Wildman–Crippen LogP) is 2.36. The molecule has 0 saturated heterocycles. The van der Waals surface area contributed by atoms with E-state index < -0.39 is 18.6 Å². The standard InChI is InChI=1S/C20H24N4O4S/c1-12-9-14(29-3)6-7-16(12)22-19-17(20(27)23-28-11-13(26)10-25)15-5-4-8-21-18(15)24(19)2/h4-9,13,22,25-26H,10-11H2,1-3H3,(H,23,27)/t13-/m1/s1. The lowest BCUT2D eigenvalue weighted by atomic mass is 10.1. The average Bonchev–Trinajstić information content (AvgIpc) is 3.01. The zero-order valence-electron chi connectivity index (χ0n) is 16.5. The number of pyridine rings is 1. The molecule has 4 N–H and O–H groups in total. The van der Waals surface area contributed by atoms with Crippen LogP contribution in [-0.4, -0.2) is 51.2 Å². The molecule has 0 radical (unpaired) electrons. The molecule has 1 aromatic carbocycles. The van der Waals surface area contributed by atoms with E-state index in [-0.39, 0.29) is 6.61 Å². The van der Waals surface area contributed by atoms with Crippen LogP contribution in [0.1, 0.15) is 15.9 Å². The number of thioether (sulfide) groups is 1. The van der Waals surface area contributed by atoms with Gasteiger partial charge in [0.1, 0.15) is 24.2 Å². The van der Waals surface area contributed by atoms with Gasteiger partial charge in [-0.1, -0.05) is 0 Å². The first-order valence-corrected chi connectivity index (χ1v) is 10.2. The van der Waals surface area contributed by atoms with E-state index >= 15 is 0 Å². The number of hydrogen-bond donors (Lipinski definition) is 4. The molecule has 3 aromatic rings. The van der Waals surface area contributed by atoms with Gasteiger partial charge in [0, 0.05) is 29.2 Å². The molecule has 0 spiro atoms. The van der Waals surface area contributed by atoms with Gasteiger partial charge in [-0.25, -0.2) is 10.5 Å². The number of rotatable bonds is 8. The number of benzene rings is 1. The molecule has 1 atom stereocenters. The topological polar surface area (TPSA) is 109 Å². The van der Waals surface area contributed by atoms with Crippen LogP contribution < -0.4 is 10.8 Å². The quantitative estimate of drug-likeness (QED) is 0.330. The number of aliphatic hydroxyl groups is 2. The molecular weight excluding hydrogens is 392 g/mol. The van der Waals surface area contributed by atoms with Gasteiger partial charge in [-0.15, -0.1) is 11.8 Å². The Labute approximate surface area is 172 Å². The number of amides is 1. The van der Waals surface area contributed by atoms with E-state index in [0.717, 1.165) is 16.1 Å². The summed E-state index contributed by atoms with van der Waals surface area (Å²) in [6.07, 6.45) is 2.62. The van der Waals surface area contributed by atoms with E-state index in [0.29, 0.717) is 22.4 Å². The van der Waals surface area contributed by atoms with Gasteiger partial charge in [-0.3, -0.25) is 9.63 Å². The number of anilines is 2. The fraction of sp³-hybridized carbons (Fsp3) is 0.300. The fourth-order valence-corrected chi connectivity index (χ4v) is 3.47. The highest BCUT2D eigenvalue weighted by atomic mass is 32.2. The lowest BCUT2D eigenvalue weighted by molar-refractivity contribution is -0.0294. The summed E-state index contributed by atoms with van der Waals surface area (Å²) in [4.78, 5) is 23.5. The van der Waals surface area contributed by atoms with Crippen LogP contribution in [0.4, 0.5) is 11.5 Å². The van der Waals surface area contributed by atoms with E-state index in [1.807, 2.05) is 43.0 Å². The summed E-state index contributed by atoms with van der Waals surface area (Å²) in [5.74, 6) is 0.0946. The van der Waals surface area contributed by atoms with Gasteiger partial charge < -0.3 is 20.1 Å². The largest absolute Gasteiger partial charge is 0.394 e. The highest BCUT2D eigenvalue weighted by Crippen LogP contribution is 2.32. The minimum absolute atomic E-state index is 0.219. The summed E-state index contributed by atoms with van der Waals surface area (Å²) in [6, 6.07) is 9.64. The molecule has 0 unspecified atom stereocenters. The van der Waals surface area contributed by atoms with Crippen LogP contribution in [0, 0.1) is 6.92 Å². The number of nitrogens with one attached hydrogen (secondary N) is 2. The average molecular weight is 417 g/mol. The summed E-state index contributed by atoms with van der Waals surface area (Å²) < 4.78 is 1.81. The summed E-state index contributed by atoms with van der Waals surface area (Å²) in [7, 11) is 1.83. The molecule has 1 amide bonds. The number of hydroxylamine groups is 1. The third-order valence-electron chi connectivity index (χ3n) is 4.51. The van der Waals surface area contributed by atoms with Crippen LogP contribution in [0.2, 0.25) is 0 Å². The number of nitrogens with zero attached hydrogens (tertiary/aromatic N) is 2. The first-order chi connectivity index (χ1) is 14.0. The van der Waals surface area contributed by atoms with Crippen molar-refractivity contribution in [3.63, 3.8) is 0 Å². The first-order valence-electron chi connectivity index (χ1n) is 9.02. The number of aromatic nitrogens is 2. The van der Waals surface area contributed by atoms with Crippen LogP contribution in [0.15, 0.2) is 41.4 Å². The van der Waals surface area contributed by atoms with Crippen LogP contribution >= 0.6 is 11.8 Å². The molecular formula is C20H24N4O4S. The molecule has 0 fully saturated rings. The predicted molar refractivity (Wildman–Crippen MR) is 113 cm³/mol. The summed E-state index contributed by atoms with van der Waals surface area (Å²) in [5.41, 5.74) is 5.28. The summed E-state index contributed by atoms with van der Waals surface area (Å²) >= 11 is 1.66. The van der Waals surface area contributed by atoms with E-state index in [1.54, 1.807) is 24.0 Å². The zero-order valence-corrected chi connectivity index (χ0v) is 17.3. The second-order valence-electron chi connectivity index (χ2n) is 6.54. The number of hydrogen-bond acceptors (Lipinski definition) is 7. The number of carbonyl (C=O) groups is 1. The monoisotopic (exact) mass is 416 g/mol. The number of carbonyl (C=O) groups excluding carboxylic acids is 1. The molecule has 154 valence electrons. The van der Waals surface area contributed by atoms with E-state index in [2.05, 4.69) is 21.8 Å². The van der Waals surface area contributed by atoms with Gasteiger partial charge in [0.15, 0.2) is 0 Å². The second-order valence-corrected chi connectivity index (χ2v) is 7.42. The number of aryl methyl sites for hydroxylation is 2. The molecule has 0 aliphatic heterocycles. The van der Waals surface area contributed by atoms with Crippen molar-refractivity contribution in [3.05, 3.63) is 47.7 Å². The van der Waals surface area contributed by atoms with Gasteiger partial charge >= 0.3 is 0 Å². The van der Waals surface area contributed by atoms with Gasteiger partial charge in [-0.05, 0) is 49.1 Å². The molecule has 0 aliphatic carbocycles. The van der Waals surface area contributed by atoms with Crippen molar-refractivity contribution in [1.82, 2.24) is 15.0 Å². The van der Waals surface area contributed by atoms with Gasteiger partial charge in [0.25, 0.3) is 5.91 Å². The molecule has 3 rings (SSSR count). The maximum atomic E-state index is 12.9.